The number of H-pyrrole nitrogens is 1. The first kappa shape index (κ1) is 10.5. The summed E-state index contributed by atoms with van der Waals surface area (Å²) in [5.41, 5.74) is 9.70. The molecule has 18 heavy (non-hydrogen) atoms. The number of rotatable bonds is 3. The second-order valence-corrected chi connectivity index (χ2v) is 3.92. The predicted octanol–water partition coefficient (Wildman–Crippen LogP) is 1.57. The molecule has 0 radical (unpaired) electrons. The minimum Gasteiger partial charge on any atom is -0.397 e. The number of nitrogen functional groups attached to an aromatic ring is 1. The molecule has 3 aromatic rings. The van der Waals surface area contributed by atoms with Gasteiger partial charge < -0.3 is 5.73 Å². The quantitative estimate of drug-likeness (QED) is 0.680. The lowest BCUT2D eigenvalue weighted by Gasteiger charge is -2.06. The summed E-state index contributed by atoms with van der Waals surface area (Å²) in [6.45, 7) is 0.0646. The van der Waals surface area contributed by atoms with Crippen LogP contribution in [0.15, 0.2) is 36.0 Å². The molecule has 0 fully saturated rings. The molecule has 0 amide bonds. The number of fused-ring (bicyclic) bond motifs is 1. The maximum Gasteiger partial charge on any atom is 0.108 e. The molecule has 0 bridgehead atoms. The number of hydrogen-bond acceptors (Lipinski definition) is 5. The minimum atomic E-state index is 0.0646. The Labute approximate surface area is 102 Å². The zero-order valence-electron chi connectivity index (χ0n) is 9.37. The highest BCUT2D eigenvalue weighted by Crippen LogP contribution is 2.29. The summed E-state index contributed by atoms with van der Waals surface area (Å²) in [4.78, 5) is 10.5. The number of anilines is 1. The van der Waals surface area contributed by atoms with Gasteiger partial charge in [-0.25, -0.2) is 4.52 Å². The van der Waals surface area contributed by atoms with E-state index in [0.717, 1.165) is 22.2 Å². The second kappa shape index (κ2) is 3.95. The third kappa shape index (κ3) is 1.53. The number of nitrogens with two attached hydrogens (primary N) is 1. The monoisotopic (exact) mass is 242 g/mol. The summed E-state index contributed by atoms with van der Waals surface area (Å²) < 4.78 is 1.67. The van der Waals surface area contributed by atoms with Gasteiger partial charge in [-0.05, 0) is 6.07 Å². The normalized spacial score (nSPS) is 10.9. The van der Waals surface area contributed by atoms with Gasteiger partial charge in [0.1, 0.15) is 6.54 Å². The van der Waals surface area contributed by atoms with Crippen LogP contribution in [0.3, 0.4) is 0 Å². The highest BCUT2D eigenvalue weighted by molar-refractivity contribution is 5.84. The Balaban J connectivity index is 2.35. The van der Waals surface area contributed by atoms with Gasteiger partial charge >= 0.3 is 0 Å². The van der Waals surface area contributed by atoms with Crippen LogP contribution >= 0.6 is 0 Å². The van der Waals surface area contributed by atoms with Crippen molar-refractivity contribution in [3.05, 3.63) is 41.3 Å². The van der Waals surface area contributed by atoms with Gasteiger partial charge in [0, 0.05) is 22.9 Å². The van der Waals surface area contributed by atoms with E-state index >= 15 is 0 Å². The fourth-order valence-corrected chi connectivity index (χ4v) is 2.03. The van der Waals surface area contributed by atoms with Gasteiger partial charge in [0.2, 0.25) is 0 Å². The molecule has 0 unspecified atom stereocenters. The van der Waals surface area contributed by atoms with Crippen LogP contribution in [0.5, 0.6) is 0 Å². The molecule has 0 saturated heterocycles. The predicted molar refractivity (Wildman–Crippen MR) is 66.7 cm³/mol. The Morgan fingerprint density at radius 3 is 3.06 bits per heavy atom. The molecule has 0 aliphatic carbocycles. The van der Waals surface area contributed by atoms with Crippen molar-refractivity contribution in [3.8, 4) is 11.1 Å². The van der Waals surface area contributed by atoms with Crippen molar-refractivity contribution in [1.82, 2.24) is 19.8 Å². The van der Waals surface area contributed by atoms with Crippen LogP contribution in [0, 0.1) is 4.91 Å². The van der Waals surface area contributed by atoms with Crippen molar-refractivity contribution in [2.75, 3.05) is 5.73 Å². The van der Waals surface area contributed by atoms with Crippen LogP contribution in [0.2, 0.25) is 0 Å². The fraction of sp³-hybridized carbons (Fsp3) is 0.0909. The highest BCUT2D eigenvalue weighted by Gasteiger charge is 2.13. The van der Waals surface area contributed by atoms with E-state index in [1.165, 1.54) is 0 Å². The fourth-order valence-electron chi connectivity index (χ4n) is 2.03. The van der Waals surface area contributed by atoms with E-state index in [0.29, 0.717) is 5.69 Å². The molecule has 7 nitrogen and oxygen atoms in total. The van der Waals surface area contributed by atoms with Gasteiger partial charge in [0.25, 0.3) is 0 Å². The van der Waals surface area contributed by atoms with E-state index in [-0.39, 0.29) is 6.54 Å². The Morgan fingerprint density at radius 1 is 1.44 bits per heavy atom. The lowest BCUT2D eigenvalue weighted by Crippen LogP contribution is -1.97. The number of nitrogens with one attached hydrogen (secondary N) is 1. The van der Waals surface area contributed by atoms with Gasteiger partial charge in [-0.2, -0.15) is 15.1 Å². The molecule has 0 aliphatic rings. The minimum absolute atomic E-state index is 0.0646. The molecule has 0 atom stereocenters. The van der Waals surface area contributed by atoms with Crippen LogP contribution in [0.4, 0.5) is 5.69 Å². The lowest BCUT2D eigenvalue weighted by molar-refractivity contribution is 0.912. The molecule has 3 rings (SSSR count). The number of nitroso groups, excluding NO2 is 1. The van der Waals surface area contributed by atoms with Crippen LogP contribution in [-0.2, 0) is 6.54 Å². The number of nitrogens with zero attached hydrogens (tertiary/aromatic N) is 4. The largest absolute Gasteiger partial charge is 0.397 e. The van der Waals surface area contributed by atoms with Crippen molar-refractivity contribution in [1.29, 1.82) is 0 Å². The number of hydrogen-bond donors (Lipinski definition) is 2. The zero-order valence-corrected chi connectivity index (χ0v) is 9.37. The average Bonchev–Trinajstić information content (AvgIpc) is 2.97. The summed E-state index contributed by atoms with van der Waals surface area (Å²) in [5, 5.41) is 13.8. The standard InChI is InChI=1S/C11H10N6O/c12-9-1-10-11(7-2-13-14-3-7)8(5-16-18)4-15-17(10)6-9/h1-4,6H,5,12H2,(H,13,14). The molecular formula is C11H10N6O. The van der Waals surface area contributed by atoms with Gasteiger partial charge in [0.05, 0.1) is 29.8 Å². The number of aromatic amines is 1. The third-order valence-electron chi connectivity index (χ3n) is 2.76. The van der Waals surface area contributed by atoms with Crippen LogP contribution in [0.25, 0.3) is 16.6 Å². The summed E-state index contributed by atoms with van der Waals surface area (Å²) in [6, 6.07) is 1.81. The summed E-state index contributed by atoms with van der Waals surface area (Å²) >= 11 is 0. The molecule has 0 aromatic carbocycles. The summed E-state index contributed by atoms with van der Waals surface area (Å²) in [6.07, 6.45) is 6.78. The second-order valence-electron chi connectivity index (χ2n) is 3.92. The van der Waals surface area contributed by atoms with E-state index < -0.39 is 0 Å². The Hall–Kier alpha value is -2.70. The van der Waals surface area contributed by atoms with E-state index in [1.54, 1.807) is 29.3 Å². The topological polar surface area (TPSA) is 101 Å². The maximum absolute atomic E-state index is 10.5. The van der Waals surface area contributed by atoms with Gasteiger partial charge in [-0.1, -0.05) is 5.18 Å². The SMILES string of the molecule is Nc1cc2c(-c3cn[nH]c3)c(CN=O)cnn2c1. The van der Waals surface area contributed by atoms with Gasteiger partial charge in [0.15, 0.2) is 0 Å². The first-order valence-electron chi connectivity index (χ1n) is 5.33. The molecule has 3 N–H and O–H groups in total. The molecular weight excluding hydrogens is 232 g/mol. The van der Waals surface area contributed by atoms with E-state index in [2.05, 4.69) is 20.5 Å². The van der Waals surface area contributed by atoms with Crippen molar-refractivity contribution in [2.24, 2.45) is 5.18 Å². The Bertz CT molecular complexity index is 700. The average molecular weight is 242 g/mol. The summed E-state index contributed by atoms with van der Waals surface area (Å²) in [7, 11) is 0. The van der Waals surface area contributed by atoms with Gasteiger partial charge in [-0.15, -0.1) is 0 Å². The highest BCUT2D eigenvalue weighted by atomic mass is 16.3. The van der Waals surface area contributed by atoms with Crippen molar-refractivity contribution >= 4 is 11.2 Å². The first-order chi connectivity index (χ1) is 8.79. The molecule has 3 aromatic heterocycles. The smallest absolute Gasteiger partial charge is 0.108 e. The van der Waals surface area contributed by atoms with E-state index in [9.17, 15) is 4.91 Å². The summed E-state index contributed by atoms with van der Waals surface area (Å²) in [5.74, 6) is 0. The molecule has 90 valence electrons. The van der Waals surface area contributed by atoms with E-state index in [1.807, 2.05) is 6.07 Å². The van der Waals surface area contributed by atoms with Crippen LogP contribution in [0.1, 0.15) is 5.56 Å². The van der Waals surface area contributed by atoms with Gasteiger partial charge in [-0.3, -0.25) is 5.10 Å². The Morgan fingerprint density at radius 2 is 2.33 bits per heavy atom. The maximum atomic E-state index is 10.5. The van der Waals surface area contributed by atoms with Crippen molar-refractivity contribution in [2.45, 2.75) is 6.54 Å². The number of aromatic nitrogens is 4. The molecule has 7 heteroatoms. The van der Waals surface area contributed by atoms with Crippen molar-refractivity contribution in [3.63, 3.8) is 0 Å². The van der Waals surface area contributed by atoms with Crippen molar-refractivity contribution < 1.29 is 0 Å². The molecule has 0 spiro atoms. The van der Waals surface area contributed by atoms with E-state index in [4.69, 9.17) is 5.73 Å². The lowest BCUT2D eigenvalue weighted by atomic mass is 10.0. The zero-order chi connectivity index (χ0) is 12.5. The van der Waals surface area contributed by atoms with Crippen LogP contribution in [-0.4, -0.2) is 19.8 Å². The molecule has 3 heterocycles. The Kier molecular flexibility index (Phi) is 2.30. The van der Waals surface area contributed by atoms with Crippen LogP contribution < -0.4 is 5.73 Å². The first-order valence-corrected chi connectivity index (χ1v) is 5.33. The molecule has 0 aliphatic heterocycles. The third-order valence-corrected chi connectivity index (χ3v) is 2.76. The molecule has 0 saturated carbocycles.